The molecule has 0 saturated carbocycles. The van der Waals surface area contributed by atoms with Crippen LogP contribution in [0.3, 0.4) is 0 Å². The number of carbonyl (C=O) groups is 1. The maximum Gasteiger partial charge on any atom is 0.291 e. The van der Waals surface area contributed by atoms with Gasteiger partial charge in [0, 0.05) is 45.4 Å². The van der Waals surface area contributed by atoms with Gasteiger partial charge in [0.05, 0.1) is 12.9 Å². The topological polar surface area (TPSA) is 79.1 Å². The number of nitrogens with zero attached hydrogens (tertiary/aromatic N) is 2. The Labute approximate surface area is 182 Å². The SMILES string of the molecule is CN=C(NCc1cccc(NC(=O)c2ccco2)c1)N(C)CC1CCOC1.I. The highest BCUT2D eigenvalue weighted by atomic mass is 127. The number of rotatable bonds is 6. The lowest BCUT2D eigenvalue weighted by Crippen LogP contribution is -2.41. The molecule has 2 N–H and O–H groups in total. The third-order valence-corrected chi connectivity index (χ3v) is 4.51. The van der Waals surface area contributed by atoms with E-state index in [0.29, 0.717) is 12.5 Å². The first-order chi connectivity index (χ1) is 13.2. The van der Waals surface area contributed by atoms with Crippen molar-refractivity contribution in [3.63, 3.8) is 0 Å². The molecule has 2 aromatic rings. The van der Waals surface area contributed by atoms with Crippen molar-refractivity contribution in [1.29, 1.82) is 0 Å². The molecule has 1 unspecified atom stereocenters. The molecule has 1 amide bonds. The highest BCUT2D eigenvalue weighted by molar-refractivity contribution is 14.0. The molecule has 152 valence electrons. The summed E-state index contributed by atoms with van der Waals surface area (Å²) in [6.07, 6.45) is 2.58. The Bertz CT molecular complexity index is 774. The maximum absolute atomic E-state index is 12.1. The van der Waals surface area contributed by atoms with Gasteiger partial charge in [-0.25, -0.2) is 0 Å². The average Bonchev–Trinajstić information content (AvgIpc) is 3.36. The summed E-state index contributed by atoms with van der Waals surface area (Å²) in [7, 11) is 3.82. The summed E-state index contributed by atoms with van der Waals surface area (Å²) >= 11 is 0. The van der Waals surface area contributed by atoms with Gasteiger partial charge in [0.15, 0.2) is 11.7 Å². The van der Waals surface area contributed by atoms with Crippen molar-refractivity contribution in [2.24, 2.45) is 10.9 Å². The van der Waals surface area contributed by atoms with E-state index in [2.05, 4.69) is 20.5 Å². The monoisotopic (exact) mass is 498 g/mol. The van der Waals surface area contributed by atoms with E-state index in [1.807, 2.05) is 31.3 Å². The molecule has 1 aromatic heterocycles. The smallest absolute Gasteiger partial charge is 0.291 e. The predicted molar refractivity (Wildman–Crippen MR) is 120 cm³/mol. The molecule has 3 rings (SSSR count). The highest BCUT2D eigenvalue weighted by Gasteiger charge is 2.19. The number of nitrogens with one attached hydrogen (secondary N) is 2. The van der Waals surface area contributed by atoms with Gasteiger partial charge in [0.1, 0.15) is 0 Å². The molecule has 1 atom stereocenters. The van der Waals surface area contributed by atoms with E-state index in [9.17, 15) is 4.79 Å². The number of carbonyl (C=O) groups excluding carboxylic acids is 1. The minimum atomic E-state index is -0.264. The van der Waals surface area contributed by atoms with Gasteiger partial charge in [0.2, 0.25) is 0 Å². The van der Waals surface area contributed by atoms with Crippen molar-refractivity contribution < 1.29 is 13.9 Å². The van der Waals surface area contributed by atoms with Gasteiger partial charge in [-0.2, -0.15) is 0 Å². The van der Waals surface area contributed by atoms with E-state index in [-0.39, 0.29) is 35.6 Å². The molecule has 1 fully saturated rings. The second-order valence-corrected chi connectivity index (χ2v) is 6.64. The molecule has 7 nitrogen and oxygen atoms in total. The largest absolute Gasteiger partial charge is 0.459 e. The fourth-order valence-corrected chi connectivity index (χ4v) is 3.13. The summed E-state index contributed by atoms with van der Waals surface area (Å²) < 4.78 is 10.6. The Balaban J connectivity index is 0.00000280. The quantitative estimate of drug-likeness (QED) is 0.364. The normalized spacial score (nSPS) is 16.4. The van der Waals surface area contributed by atoms with Crippen LogP contribution in [0.5, 0.6) is 0 Å². The van der Waals surface area contributed by atoms with Crippen molar-refractivity contribution in [2.75, 3.05) is 39.2 Å². The van der Waals surface area contributed by atoms with Crippen LogP contribution in [0.15, 0.2) is 52.1 Å². The summed E-state index contributed by atoms with van der Waals surface area (Å²) in [5.41, 5.74) is 1.77. The Morgan fingerprint density at radius 1 is 1.32 bits per heavy atom. The lowest BCUT2D eigenvalue weighted by molar-refractivity contribution is 0.0996. The van der Waals surface area contributed by atoms with Gasteiger partial charge >= 0.3 is 0 Å². The van der Waals surface area contributed by atoms with E-state index < -0.39 is 0 Å². The fourth-order valence-electron chi connectivity index (χ4n) is 3.13. The standard InChI is InChI=1S/C20H26N4O3.HI/c1-21-20(24(2)13-16-8-10-26-14-16)22-12-15-5-3-6-17(11-15)23-19(25)18-7-4-9-27-18;/h3-7,9,11,16H,8,10,12-14H2,1-2H3,(H,21,22)(H,23,25);1H. The maximum atomic E-state index is 12.1. The summed E-state index contributed by atoms with van der Waals surface area (Å²) in [4.78, 5) is 18.6. The number of amides is 1. The van der Waals surface area contributed by atoms with Crippen molar-refractivity contribution in [2.45, 2.75) is 13.0 Å². The summed E-state index contributed by atoms with van der Waals surface area (Å²) in [5, 5.41) is 6.21. The lowest BCUT2D eigenvalue weighted by Gasteiger charge is -2.24. The van der Waals surface area contributed by atoms with Gasteiger partial charge in [-0.15, -0.1) is 24.0 Å². The summed E-state index contributed by atoms with van der Waals surface area (Å²) in [6.45, 7) is 3.20. The van der Waals surface area contributed by atoms with Crippen LogP contribution in [-0.2, 0) is 11.3 Å². The molecular formula is C20H27IN4O3. The van der Waals surface area contributed by atoms with Crippen LogP contribution in [-0.4, -0.2) is 50.6 Å². The number of ether oxygens (including phenoxy) is 1. The van der Waals surface area contributed by atoms with E-state index in [4.69, 9.17) is 9.15 Å². The average molecular weight is 498 g/mol. The third kappa shape index (κ3) is 6.23. The first-order valence-electron chi connectivity index (χ1n) is 9.09. The third-order valence-electron chi connectivity index (χ3n) is 4.51. The van der Waals surface area contributed by atoms with E-state index in [0.717, 1.165) is 43.4 Å². The Kier molecular flexibility index (Phi) is 8.78. The number of benzene rings is 1. The molecule has 0 radical (unpaired) electrons. The molecule has 8 heteroatoms. The number of guanidine groups is 1. The van der Waals surface area contributed by atoms with Gasteiger partial charge in [0.25, 0.3) is 5.91 Å². The van der Waals surface area contributed by atoms with E-state index >= 15 is 0 Å². The highest BCUT2D eigenvalue weighted by Crippen LogP contribution is 2.14. The molecule has 2 heterocycles. The summed E-state index contributed by atoms with van der Waals surface area (Å²) in [5.74, 6) is 1.41. The number of hydrogen-bond acceptors (Lipinski definition) is 4. The van der Waals surface area contributed by atoms with Crippen LogP contribution in [0, 0.1) is 5.92 Å². The number of anilines is 1. The van der Waals surface area contributed by atoms with Gasteiger partial charge in [-0.1, -0.05) is 12.1 Å². The number of hydrogen-bond donors (Lipinski definition) is 2. The van der Waals surface area contributed by atoms with Gasteiger partial charge in [-0.3, -0.25) is 9.79 Å². The molecule has 1 aliphatic rings. The molecule has 28 heavy (non-hydrogen) atoms. The van der Waals surface area contributed by atoms with Crippen LogP contribution >= 0.6 is 24.0 Å². The predicted octanol–water partition coefficient (Wildman–Crippen LogP) is 3.19. The molecule has 0 aliphatic carbocycles. The fraction of sp³-hybridized carbons (Fsp3) is 0.400. The molecule has 0 spiro atoms. The lowest BCUT2D eigenvalue weighted by atomic mass is 10.1. The second-order valence-electron chi connectivity index (χ2n) is 6.64. The Morgan fingerprint density at radius 2 is 2.18 bits per heavy atom. The van der Waals surface area contributed by atoms with Crippen molar-refractivity contribution in [3.8, 4) is 0 Å². The number of furan rings is 1. The van der Waals surface area contributed by atoms with E-state index in [1.54, 1.807) is 19.2 Å². The van der Waals surface area contributed by atoms with Crippen LogP contribution in [0.4, 0.5) is 5.69 Å². The molecule has 1 saturated heterocycles. The zero-order chi connectivity index (χ0) is 19.1. The van der Waals surface area contributed by atoms with Gasteiger partial charge in [-0.05, 0) is 36.2 Å². The first kappa shape index (κ1) is 22.2. The molecule has 1 aromatic carbocycles. The number of aliphatic imine (C=N–C) groups is 1. The minimum absolute atomic E-state index is 0. The number of halogens is 1. The van der Waals surface area contributed by atoms with Crippen molar-refractivity contribution >= 4 is 41.5 Å². The molecule has 1 aliphatic heterocycles. The van der Waals surface area contributed by atoms with Crippen LogP contribution in [0.25, 0.3) is 0 Å². The van der Waals surface area contributed by atoms with Crippen molar-refractivity contribution in [3.05, 3.63) is 54.0 Å². The first-order valence-corrected chi connectivity index (χ1v) is 9.09. The zero-order valence-electron chi connectivity index (χ0n) is 16.2. The van der Waals surface area contributed by atoms with Crippen LogP contribution in [0.2, 0.25) is 0 Å². The molecular weight excluding hydrogens is 471 g/mol. The Hall–Kier alpha value is -2.07. The van der Waals surface area contributed by atoms with E-state index in [1.165, 1.54) is 6.26 Å². The Morgan fingerprint density at radius 3 is 2.86 bits per heavy atom. The molecule has 0 bridgehead atoms. The van der Waals surface area contributed by atoms with Crippen LogP contribution in [0.1, 0.15) is 22.5 Å². The summed E-state index contributed by atoms with van der Waals surface area (Å²) in [6, 6.07) is 11.0. The zero-order valence-corrected chi connectivity index (χ0v) is 18.5. The van der Waals surface area contributed by atoms with Gasteiger partial charge < -0.3 is 24.7 Å². The van der Waals surface area contributed by atoms with Crippen molar-refractivity contribution in [1.82, 2.24) is 10.2 Å². The van der Waals surface area contributed by atoms with Crippen LogP contribution < -0.4 is 10.6 Å². The minimum Gasteiger partial charge on any atom is -0.459 e. The second kappa shape index (κ2) is 11.1.